The van der Waals surface area contributed by atoms with Crippen LogP contribution in [0.4, 0.5) is 5.69 Å². The Morgan fingerprint density at radius 2 is 1.90 bits per heavy atom. The van der Waals surface area contributed by atoms with Gasteiger partial charge in [0.25, 0.3) is 5.69 Å². The molecule has 0 saturated carbocycles. The Hall–Kier alpha value is -2.52. The van der Waals surface area contributed by atoms with Crippen molar-refractivity contribution in [1.82, 2.24) is 0 Å². The summed E-state index contributed by atoms with van der Waals surface area (Å²) < 4.78 is 4.47. The van der Waals surface area contributed by atoms with Crippen LogP contribution in [0, 0.1) is 17.0 Å². The van der Waals surface area contributed by atoms with E-state index >= 15 is 0 Å². The van der Waals surface area contributed by atoms with Crippen LogP contribution in [0.3, 0.4) is 0 Å². The number of aliphatic hydroxyl groups is 2. The second-order valence-corrected chi connectivity index (χ2v) is 4.18. The van der Waals surface area contributed by atoms with Gasteiger partial charge in [0.1, 0.15) is 6.10 Å². The number of carboxylic acids is 1. The zero-order chi connectivity index (χ0) is 16.3. The van der Waals surface area contributed by atoms with E-state index in [9.17, 15) is 29.9 Å². The molecule has 0 radical (unpaired) electrons. The van der Waals surface area contributed by atoms with Gasteiger partial charge >= 0.3 is 11.9 Å². The Labute approximate surface area is 118 Å². The van der Waals surface area contributed by atoms with E-state index in [4.69, 9.17) is 5.11 Å². The van der Waals surface area contributed by atoms with Crippen molar-refractivity contribution >= 4 is 17.6 Å². The van der Waals surface area contributed by atoms with Gasteiger partial charge in [-0.2, -0.15) is 0 Å². The zero-order valence-electron chi connectivity index (χ0n) is 11.1. The smallest absolute Gasteiger partial charge is 0.338 e. The lowest BCUT2D eigenvalue weighted by atomic mass is 9.94. The van der Waals surface area contributed by atoms with Crippen molar-refractivity contribution in [3.8, 4) is 0 Å². The number of methoxy groups -OCH3 is 1. The summed E-state index contributed by atoms with van der Waals surface area (Å²) >= 11 is 0. The predicted molar refractivity (Wildman–Crippen MR) is 67.8 cm³/mol. The first-order valence-electron chi connectivity index (χ1n) is 5.66. The van der Waals surface area contributed by atoms with Crippen molar-refractivity contribution in [2.75, 3.05) is 7.11 Å². The predicted octanol–water partition coefficient (Wildman–Crippen LogP) is 0.169. The molecule has 0 aromatic heterocycles. The summed E-state index contributed by atoms with van der Waals surface area (Å²) in [6, 6.07) is 1.85. The lowest BCUT2D eigenvalue weighted by Crippen LogP contribution is -2.28. The molecule has 21 heavy (non-hydrogen) atoms. The highest BCUT2D eigenvalue weighted by Gasteiger charge is 2.30. The summed E-state index contributed by atoms with van der Waals surface area (Å²) in [7, 11) is 1.07. The van der Waals surface area contributed by atoms with Crippen LogP contribution in [0.15, 0.2) is 12.1 Å². The number of carbonyl (C=O) groups is 2. The summed E-state index contributed by atoms with van der Waals surface area (Å²) in [4.78, 5) is 32.3. The van der Waals surface area contributed by atoms with Crippen molar-refractivity contribution in [3.05, 3.63) is 38.9 Å². The average Bonchev–Trinajstić information content (AvgIpc) is 2.44. The number of rotatable bonds is 5. The molecule has 0 spiro atoms. The average molecular weight is 299 g/mol. The molecule has 9 nitrogen and oxygen atoms in total. The molecule has 1 aromatic carbocycles. The number of carboxylic acid groups (broad SMARTS) is 1. The molecule has 1 aromatic rings. The fraction of sp³-hybridized carbons (Fsp3) is 0.333. The van der Waals surface area contributed by atoms with E-state index in [-0.39, 0.29) is 16.7 Å². The highest BCUT2D eigenvalue weighted by atomic mass is 16.6. The first kappa shape index (κ1) is 16.5. The van der Waals surface area contributed by atoms with Gasteiger partial charge in [-0.15, -0.1) is 0 Å². The maximum Gasteiger partial charge on any atom is 0.338 e. The molecule has 9 heteroatoms. The third-order valence-electron chi connectivity index (χ3n) is 2.92. The van der Waals surface area contributed by atoms with Crippen LogP contribution in [0.1, 0.15) is 27.6 Å². The summed E-state index contributed by atoms with van der Waals surface area (Å²) in [6.07, 6.45) is -4.11. The van der Waals surface area contributed by atoms with Gasteiger partial charge in [-0.25, -0.2) is 9.59 Å². The van der Waals surface area contributed by atoms with E-state index in [0.29, 0.717) is 0 Å². The second kappa shape index (κ2) is 6.29. The summed E-state index contributed by atoms with van der Waals surface area (Å²) in [6.45, 7) is 1.35. The molecule has 114 valence electrons. The summed E-state index contributed by atoms with van der Waals surface area (Å²) in [5.41, 5.74) is -0.884. The van der Waals surface area contributed by atoms with Crippen molar-refractivity contribution in [1.29, 1.82) is 0 Å². The van der Waals surface area contributed by atoms with Gasteiger partial charge in [-0.1, -0.05) is 0 Å². The highest BCUT2D eigenvalue weighted by molar-refractivity contribution is 5.92. The van der Waals surface area contributed by atoms with Crippen LogP contribution in [-0.4, -0.2) is 45.4 Å². The van der Waals surface area contributed by atoms with E-state index in [1.807, 2.05) is 0 Å². The standard InChI is InChI=1S/C12H13NO8/c1-5-7(9(14)10(15)11(16)17)3-6(13(19)20)4-8(5)12(18)21-2/h3-4,9-10,14-15H,1-2H3,(H,16,17). The number of hydrogen-bond acceptors (Lipinski definition) is 7. The Morgan fingerprint density at radius 3 is 2.33 bits per heavy atom. The van der Waals surface area contributed by atoms with Crippen LogP contribution < -0.4 is 0 Å². The molecular weight excluding hydrogens is 286 g/mol. The zero-order valence-corrected chi connectivity index (χ0v) is 11.1. The molecule has 0 amide bonds. The SMILES string of the molecule is COC(=O)c1cc([N+](=O)[O-])cc(C(O)C(O)C(=O)O)c1C. The molecule has 0 fully saturated rings. The summed E-state index contributed by atoms with van der Waals surface area (Å²) in [5.74, 6) is -2.58. The Bertz CT molecular complexity index is 597. The largest absolute Gasteiger partial charge is 0.479 e. The van der Waals surface area contributed by atoms with Gasteiger partial charge in [0, 0.05) is 12.1 Å². The molecule has 0 bridgehead atoms. The molecule has 0 aliphatic heterocycles. The first-order valence-corrected chi connectivity index (χ1v) is 5.66. The number of esters is 1. The maximum absolute atomic E-state index is 11.6. The number of aliphatic hydroxyl groups excluding tert-OH is 2. The van der Waals surface area contributed by atoms with Gasteiger partial charge in [0.15, 0.2) is 6.10 Å². The molecule has 2 unspecified atom stereocenters. The van der Waals surface area contributed by atoms with Crippen LogP contribution >= 0.6 is 0 Å². The van der Waals surface area contributed by atoms with Crippen molar-refractivity contribution in [2.24, 2.45) is 0 Å². The van der Waals surface area contributed by atoms with Gasteiger partial charge in [0.05, 0.1) is 17.6 Å². The van der Waals surface area contributed by atoms with E-state index in [0.717, 1.165) is 19.2 Å². The van der Waals surface area contributed by atoms with Crippen molar-refractivity contribution in [2.45, 2.75) is 19.1 Å². The normalized spacial score (nSPS) is 13.3. The molecule has 0 aliphatic rings. The summed E-state index contributed by atoms with van der Waals surface area (Å²) in [5, 5.41) is 38.7. The lowest BCUT2D eigenvalue weighted by molar-refractivity contribution is -0.385. The molecule has 1 rings (SSSR count). The number of nitrogens with zero attached hydrogens (tertiary/aromatic N) is 1. The Morgan fingerprint density at radius 1 is 1.33 bits per heavy atom. The fourth-order valence-electron chi connectivity index (χ4n) is 1.76. The Kier molecular flexibility index (Phi) is 4.95. The molecule has 0 heterocycles. The number of non-ortho nitro benzene ring substituents is 1. The maximum atomic E-state index is 11.6. The third-order valence-corrected chi connectivity index (χ3v) is 2.92. The number of aliphatic carboxylic acids is 1. The van der Waals surface area contributed by atoms with Crippen LogP contribution in [0.5, 0.6) is 0 Å². The number of benzene rings is 1. The van der Waals surface area contributed by atoms with E-state index in [1.165, 1.54) is 6.92 Å². The van der Waals surface area contributed by atoms with E-state index in [1.54, 1.807) is 0 Å². The first-order chi connectivity index (χ1) is 9.70. The van der Waals surface area contributed by atoms with Crippen LogP contribution in [0.25, 0.3) is 0 Å². The Balaban J connectivity index is 3.50. The van der Waals surface area contributed by atoms with Crippen LogP contribution in [0.2, 0.25) is 0 Å². The molecule has 3 N–H and O–H groups in total. The minimum atomic E-state index is -2.18. The van der Waals surface area contributed by atoms with E-state index in [2.05, 4.69) is 4.74 Å². The lowest BCUT2D eigenvalue weighted by Gasteiger charge is -2.18. The minimum absolute atomic E-state index is 0.0836. The minimum Gasteiger partial charge on any atom is -0.479 e. The van der Waals surface area contributed by atoms with Gasteiger partial charge < -0.3 is 20.1 Å². The molecule has 2 atom stereocenters. The van der Waals surface area contributed by atoms with Gasteiger partial charge in [0.2, 0.25) is 0 Å². The highest BCUT2D eigenvalue weighted by Crippen LogP contribution is 2.29. The molecule has 0 saturated heterocycles. The number of nitro groups is 1. The quantitative estimate of drug-likeness (QED) is 0.396. The topological polar surface area (TPSA) is 147 Å². The third kappa shape index (κ3) is 3.33. The number of hydrogen-bond donors (Lipinski definition) is 3. The molecule has 0 aliphatic carbocycles. The van der Waals surface area contributed by atoms with Crippen molar-refractivity contribution < 1.29 is 34.6 Å². The van der Waals surface area contributed by atoms with Gasteiger partial charge in [-0.3, -0.25) is 10.1 Å². The van der Waals surface area contributed by atoms with E-state index < -0.39 is 34.8 Å². The fourth-order valence-corrected chi connectivity index (χ4v) is 1.76. The number of nitro benzene ring substituents is 1. The number of ether oxygens (including phenoxy) is 1. The second-order valence-electron chi connectivity index (χ2n) is 4.18. The number of carbonyl (C=O) groups excluding carboxylic acids is 1. The van der Waals surface area contributed by atoms with Crippen LogP contribution in [-0.2, 0) is 9.53 Å². The van der Waals surface area contributed by atoms with Crippen molar-refractivity contribution in [3.63, 3.8) is 0 Å². The monoisotopic (exact) mass is 299 g/mol. The van der Waals surface area contributed by atoms with Gasteiger partial charge in [-0.05, 0) is 18.1 Å². The molecular formula is C12H13NO8.